The van der Waals surface area contributed by atoms with Crippen LogP contribution in [0.5, 0.6) is 0 Å². The average Bonchev–Trinajstić information content (AvgIpc) is 3.19. The fourth-order valence-corrected chi connectivity index (χ4v) is 4.40. The van der Waals surface area contributed by atoms with Gasteiger partial charge in [-0.15, -0.1) is 11.8 Å². The van der Waals surface area contributed by atoms with Gasteiger partial charge in [-0.1, -0.05) is 24.8 Å². The molecule has 9 nitrogen and oxygen atoms in total. The zero-order chi connectivity index (χ0) is 22.2. The number of hydrogen-bond acceptors (Lipinski definition) is 9. The van der Waals surface area contributed by atoms with Gasteiger partial charge in [0, 0.05) is 39.8 Å². The topological polar surface area (TPSA) is 127 Å². The quantitative estimate of drug-likeness (QED) is 0.262. The van der Waals surface area contributed by atoms with Crippen molar-refractivity contribution in [1.82, 2.24) is 9.36 Å². The summed E-state index contributed by atoms with van der Waals surface area (Å²) in [5.74, 6) is 0.452. The van der Waals surface area contributed by atoms with Crippen molar-refractivity contribution < 1.29 is 14.5 Å². The van der Waals surface area contributed by atoms with Gasteiger partial charge in [-0.3, -0.25) is 25.0 Å². The molecule has 0 aliphatic heterocycles. The molecule has 1 heterocycles. The summed E-state index contributed by atoms with van der Waals surface area (Å²) in [7, 11) is 0. The van der Waals surface area contributed by atoms with Crippen LogP contribution in [0.1, 0.15) is 17.3 Å². The summed E-state index contributed by atoms with van der Waals surface area (Å²) >= 11 is 3.97. The van der Waals surface area contributed by atoms with Gasteiger partial charge in [-0.25, -0.2) is 0 Å². The maximum Gasteiger partial charge on any atom is 0.269 e. The van der Waals surface area contributed by atoms with Crippen molar-refractivity contribution >= 4 is 63.4 Å². The largest absolute Gasteiger partial charge is 0.322 e. The van der Waals surface area contributed by atoms with E-state index in [2.05, 4.69) is 20.0 Å². The number of benzene rings is 2. The van der Waals surface area contributed by atoms with E-state index < -0.39 is 4.92 Å². The Bertz CT molecular complexity index is 1090. The Morgan fingerprint density at radius 3 is 2.61 bits per heavy atom. The maximum absolute atomic E-state index is 12.4. The third kappa shape index (κ3) is 6.77. The first-order valence-electron chi connectivity index (χ1n) is 8.99. The maximum atomic E-state index is 12.4. The number of nitro groups is 1. The van der Waals surface area contributed by atoms with E-state index in [1.807, 2.05) is 13.0 Å². The Labute approximate surface area is 190 Å². The Morgan fingerprint density at radius 1 is 1.13 bits per heavy atom. The summed E-state index contributed by atoms with van der Waals surface area (Å²) in [6, 6.07) is 12.4. The lowest BCUT2D eigenvalue weighted by Gasteiger charge is -2.07. The van der Waals surface area contributed by atoms with Crippen LogP contribution in [-0.2, 0) is 4.79 Å². The first kappa shape index (κ1) is 22.7. The molecule has 0 saturated carbocycles. The molecule has 0 unspecified atom stereocenters. The molecule has 12 heteroatoms. The minimum Gasteiger partial charge on any atom is -0.322 e. The first-order valence-corrected chi connectivity index (χ1v) is 11.7. The fourth-order valence-electron chi connectivity index (χ4n) is 2.35. The molecule has 160 valence electrons. The molecule has 0 bridgehead atoms. The number of nitrogens with zero attached hydrogens (tertiary/aromatic N) is 3. The SMILES string of the molecule is CCSc1nsc(NC(=O)CSc2cccc(NC(=O)c3ccc([N+](=O)[O-])cc3)c2)n1. The van der Waals surface area contributed by atoms with Crippen molar-refractivity contribution in [2.24, 2.45) is 0 Å². The number of carbonyl (C=O) groups excluding carboxylic acids is 2. The van der Waals surface area contributed by atoms with Crippen molar-refractivity contribution in [1.29, 1.82) is 0 Å². The molecular weight excluding hydrogens is 458 g/mol. The highest BCUT2D eigenvalue weighted by Gasteiger charge is 2.11. The molecule has 0 fully saturated rings. The number of hydrogen-bond donors (Lipinski definition) is 2. The third-order valence-electron chi connectivity index (χ3n) is 3.73. The number of amides is 2. The summed E-state index contributed by atoms with van der Waals surface area (Å²) in [6.45, 7) is 2.00. The predicted molar refractivity (Wildman–Crippen MR) is 123 cm³/mol. The molecule has 1 aromatic heterocycles. The molecule has 3 aromatic rings. The molecule has 0 spiro atoms. The summed E-state index contributed by atoms with van der Waals surface area (Å²) < 4.78 is 4.15. The van der Waals surface area contributed by atoms with Crippen LogP contribution in [0.15, 0.2) is 58.6 Å². The highest BCUT2D eigenvalue weighted by molar-refractivity contribution is 8.00. The van der Waals surface area contributed by atoms with Gasteiger partial charge in [-0.05, 0) is 36.1 Å². The van der Waals surface area contributed by atoms with E-state index in [1.54, 1.807) is 18.2 Å². The van der Waals surface area contributed by atoms with E-state index in [0.29, 0.717) is 21.5 Å². The van der Waals surface area contributed by atoms with E-state index in [4.69, 9.17) is 0 Å². The second-order valence-corrected chi connectivity index (χ2v) is 8.97. The minimum atomic E-state index is -0.521. The van der Waals surface area contributed by atoms with Crippen LogP contribution in [0.3, 0.4) is 0 Å². The molecule has 0 radical (unpaired) electrons. The Kier molecular flexibility index (Phi) is 7.98. The van der Waals surface area contributed by atoms with Crippen molar-refractivity contribution in [3.8, 4) is 0 Å². The second-order valence-electron chi connectivity index (χ2n) is 5.94. The Hall–Kier alpha value is -2.96. The van der Waals surface area contributed by atoms with Gasteiger partial charge in [0.25, 0.3) is 11.6 Å². The molecule has 0 atom stereocenters. The second kappa shape index (κ2) is 10.9. The van der Waals surface area contributed by atoms with E-state index in [0.717, 1.165) is 22.2 Å². The molecule has 0 aliphatic rings. The number of thioether (sulfide) groups is 2. The van der Waals surface area contributed by atoms with Crippen LogP contribution in [0.2, 0.25) is 0 Å². The monoisotopic (exact) mass is 475 g/mol. The van der Waals surface area contributed by atoms with Crippen molar-refractivity contribution in [2.75, 3.05) is 22.1 Å². The standard InChI is InChI=1S/C19H17N5O4S3/c1-2-29-19-22-18(31-23-19)21-16(25)11-30-15-5-3-4-13(10-15)20-17(26)12-6-8-14(9-7-12)24(27)28/h3-10H,2,11H2,1H3,(H,20,26)(H,21,22,23,25). The first-order chi connectivity index (χ1) is 14.9. The lowest BCUT2D eigenvalue weighted by molar-refractivity contribution is -0.384. The van der Waals surface area contributed by atoms with Crippen molar-refractivity contribution in [3.05, 3.63) is 64.2 Å². The number of non-ortho nitro benzene ring substituents is 1. The van der Waals surface area contributed by atoms with Gasteiger partial charge < -0.3 is 5.32 Å². The summed E-state index contributed by atoms with van der Waals surface area (Å²) in [4.78, 5) is 39.7. The van der Waals surface area contributed by atoms with Crippen LogP contribution < -0.4 is 10.6 Å². The van der Waals surface area contributed by atoms with Crippen LogP contribution in [-0.4, -0.2) is 37.6 Å². The fraction of sp³-hybridized carbons (Fsp3) is 0.158. The zero-order valence-electron chi connectivity index (χ0n) is 16.2. The molecule has 0 aliphatic carbocycles. The van der Waals surface area contributed by atoms with Gasteiger partial charge >= 0.3 is 0 Å². The highest BCUT2D eigenvalue weighted by Crippen LogP contribution is 2.24. The molecule has 31 heavy (non-hydrogen) atoms. The number of rotatable bonds is 9. The van der Waals surface area contributed by atoms with E-state index in [9.17, 15) is 19.7 Å². The molecule has 2 N–H and O–H groups in total. The predicted octanol–water partition coefficient (Wildman–Crippen LogP) is 4.54. The Balaban J connectivity index is 1.53. The van der Waals surface area contributed by atoms with E-state index >= 15 is 0 Å². The van der Waals surface area contributed by atoms with Crippen LogP contribution in [0.25, 0.3) is 0 Å². The van der Waals surface area contributed by atoms with Gasteiger partial charge in [0.1, 0.15) is 0 Å². The summed E-state index contributed by atoms with van der Waals surface area (Å²) in [5.41, 5.74) is 0.780. The van der Waals surface area contributed by atoms with Crippen LogP contribution in [0.4, 0.5) is 16.5 Å². The normalized spacial score (nSPS) is 10.5. The van der Waals surface area contributed by atoms with Crippen molar-refractivity contribution in [3.63, 3.8) is 0 Å². The Morgan fingerprint density at radius 2 is 1.90 bits per heavy atom. The molecular formula is C19H17N5O4S3. The number of aromatic nitrogens is 2. The lowest BCUT2D eigenvalue weighted by atomic mass is 10.2. The number of nitrogens with one attached hydrogen (secondary N) is 2. The molecule has 2 amide bonds. The smallest absolute Gasteiger partial charge is 0.269 e. The molecule has 2 aromatic carbocycles. The summed E-state index contributed by atoms with van der Waals surface area (Å²) in [5, 5.41) is 17.3. The summed E-state index contributed by atoms with van der Waals surface area (Å²) in [6.07, 6.45) is 0. The minimum absolute atomic E-state index is 0.0814. The van der Waals surface area contributed by atoms with Gasteiger partial charge in [0.15, 0.2) is 0 Å². The van der Waals surface area contributed by atoms with Crippen molar-refractivity contribution in [2.45, 2.75) is 17.0 Å². The van der Waals surface area contributed by atoms with Gasteiger partial charge in [0.05, 0.1) is 10.7 Å². The van der Waals surface area contributed by atoms with E-state index in [1.165, 1.54) is 47.8 Å². The third-order valence-corrected chi connectivity index (χ3v) is 6.20. The average molecular weight is 476 g/mol. The van der Waals surface area contributed by atoms with E-state index in [-0.39, 0.29) is 23.3 Å². The van der Waals surface area contributed by atoms with Crippen LogP contribution in [0, 0.1) is 10.1 Å². The molecule has 0 saturated heterocycles. The molecule has 3 rings (SSSR count). The number of nitro benzene ring substituents is 1. The lowest BCUT2D eigenvalue weighted by Crippen LogP contribution is -2.14. The highest BCUT2D eigenvalue weighted by atomic mass is 32.2. The van der Waals surface area contributed by atoms with Gasteiger partial charge in [-0.2, -0.15) is 9.36 Å². The number of carbonyl (C=O) groups is 2. The van der Waals surface area contributed by atoms with Crippen LogP contribution >= 0.6 is 35.1 Å². The zero-order valence-corrected chi connectivity index (χ0v) is 18.7. The van der Waals surface area contributed by atoms with Gasteiger partial charge in [0.2, 0.25) is 16.2 Å². The number of anilines is 2.